The molecule has 5 nitrogen and oxygen atoms in total. The van der Waals surface area contributed by atoms with Gasteiger partial charge < -0.3 is 10.2 Å². The summed E-state index contributed by atoms with van der Waals surface area (Å²) in [5, 5.41) is 14.6. The van der Waals surface area contributed by atoms with E-state index in [2.05, 4.69) is 24.1 Å². The Hall–Kier alpha value is -1.78. The molecule has 0 unspecified atom stereocenters. The van der Waals surface area contributed by atoms with Crippen molar-refractivity contribution < 1.29 is 4.92 Å². The summed E-state index contributed by atoms with van der Waals surface area (Å²) in [4.78, 5) is 13.3. The Morgan fingerprint density at radius 1 is 1.45 bits per heavy atom. The lowest BCUT2D eigenvalue weighted by Gasteiger charge is -2.22. The predicted octanol–water partition coefficient (Wildman–Crippen LogP) is 3.65. The molecular formula is C15H23N3O2. The first-order chi connectivity index (χ1) is 9.44. The Morgan fingerprint density at radius 3 is 2.75 bits per heavy atom. The summed E-state index contributed by atoms with van der Waals surface area (Å²) in [7, 11) is 0. The maximum absolute atomic E-state index is 11.5. The van der Waals surface area contributed by atoms with E-state index in [1.165, 1.54) is 0 Å². The van der Waals surface area contributed by atoms with Crippen LogP contribution in [0.3, 0.4) is 0 Å². The minimum atomic E-state index is -0.265. The van der Waals surface area contributed by atoms with Gasteiger partial charge in [0, 0.05) is 19.6 Å². The molecule has 1 heterocycles. The van der Waals surface area contributed by atoms with Crippen LogP contribution in [0.4, 0.5) is 17.1 Å². The van der Waals surface area contributed by atoms with Crippen LogP contribution >= 0.6 is 0 Å². The zero-order chi connectivity index (χ0) is 14.8. The first-order valence-electron chi connectivity index (χ1n) is 7.21. The summed E-state index contributed by atoms with van der Waals surface area (Å²) >= 11 is 0. The van der Waals surface area contributed by atoms with Crippen molar-refractivity contribution in [2.45, 2.75) is 33.6 Å². The van der Waals surface area contributed by atoms with Gasteiger partial charge in [0.15, 0.2) is 0 Å². The van der Waals surface area contributed by atoms with Gasteiger partial charge in [0.25, 0.3) is 0 Å². The van der Waals surface area contributed by atoms with Crippen LogP contribution in [0.25, 0.3) is 0 Å². The second-order valence-corrected chi connectivity index (χ2v) is 6.19. The van der Waals surface area contributed by atoms with Crippen LogP contribution in [-0.2, 0) is 0 Å². The standard InChI is InChI=1S/C15H23N3O2/c1-4-9-16-12-6-5-7-13(14(12)18(19)20)17-10-8-15(2,3)11-17/h5-7,16H,4,8-11H2,1-3H3. The van der Waals surface area contributed by atoms with E-state index in [0.717, 1.165) is 38.2 Å². The summed E-state index contributed by atoms with van der Waals surface area (Å²) in [5.41, 5.74) is 1.79. The molecule has 1 N–H and O–H groups in total. The van der Waals surface area contributed by atoms with Gasteiger partial charge >= 0.3 is 5.69 Å². The average molecular weight is 277 g/mol. The van der Waals surface area contributed by atoms with Crippen molar-refractivity contribution in [2.24, 2.45) is 5.41 Å². The topological polar surface area (TPSA) is 58.4 Å². The fourth-order valence-corrected chi connectivity index (χ4v) is 2.70. The highest BCUT2D eigenvalue weighted by Crippen LogP contribution is 2.40. The highest BCUT2D eigenvalue weighted by molar-refractivity contribution is 5.77. The number of nitro benzene ring substituents is 1. The zero-order valence-electron chi connectivity index (χ0n) is 12.5. The van der Waals surface area contributed by atoms with E-state index in [9.17, 15) is 10.1 Å². The zero-order valence-corrected chi connectivity index (χ0v) is 12.5. The number of nitrogens with one attached hydrogen (secondary N) is 1. The maximum Gasteiger partial charge on any atom is 0.315 e. The fourth-order valence-electron chi connectivity index (χ4n) is 2.70. The van der Waals surface area contributed by atoms with Crippen molar-refractivity contribution in [3.63, 3.8) is 0 Å². The third kappa shape index (κ3) is 3.03. The van der Waals surface area contributed by atoms with Crippen LogP contribution in [-0.4, -0.2) is 24.6 Å². The Kier molecular flexibility index (Phi) is 4.16. The lowest BCUT2D eigenvalue weighted by atomic mass is 9.93. The molecule has 110 valence electrons. The van der Waals surface area contributed by atoms with E-state index in [4.69, 9.17) is 0 Å². The number of para-hydroxylation sites is 1. The van der Waals surface area contributed by atoms with Crippen LogP contribution in [0.2, 0.25) is 0 Å². The van der Waals surface area contributed by atoms with Gasteiger partial charge in [-0.25, -0.2) is 0 Å². The van der Waals surface area contributed by atoms with Crippen molar-refractivity contribution in [1.82, 2.24) is 0 Å². The van der Waals surface area contributed by atoms with Crippen molar-refractivity contribution in [1.29, 1.82) is 0 Å². The molecule has 1 fully saturated rings. The van der Waals surface area contributed by atoms with Gasteiger partial charge in [-0.3, -0.25) is 10.1 Å². The van der Waals surface area contributed by atoms with Crippen molar-refractivity contribution in [3.8, 4) is 0 Å². The number of nitro groups is 1. The highest BCUT2D eigenvalue weighted by Gasteiger charge is 2.33. The lowest BCUT2D eigenvalue weighted by Crippen LogP contribution is -2.23. The molecule has 2 rings (SSSR count). The minimum absolute atomic E-state index is 0.207. The smallest absolute Gasteiger partial charge is 0.315 e. The molecule has 1 aromatic rings. The Labute approximate surface area is 120 Å². The minimum Gasteiger partial charge on any atom is -0.379 e. The van der Waals surface area contributed by atoms with Gasteiger partial charge in [-0.05, 0) is 30.4 Å². The first-order valence-corrected chi connectivity index (χ1v) is 7.21. The van der Waals surface area contributed by atoms with Crippen molar-refractivity contribution in [2.75, 3.05) is 29.9 Å². The molecule has 0 aromatic heterocycles. The molecule has 1 saturated heterocycles. The quantitative estimate of drug-likeness (QED) is 0.659. The van der Waals surface area contributed by atoms with Gasteiger partial charge in [0.05, 0.1) is 4.92 Å². The summed E-state index contributed by atoms with van der Waals surface area (Å²) in [6.07, 6.45) is 2.01. The van der Waals surface area contributed by atoms with E-state index in [1.807, 2.05) is 19.1 Å². The predicted molar refractivity (Wildman–Crippen MR) is 82.5 cm³/mol. The van der Waals surface area contributed by atoms with E-state index in [-0.39, 0.29) is 16.0 Å². The van der Waals surface area contributed by atoms with Gasteiger partial charge in [0.2, 0.25) is 0 Å². The molecule has 1 aromatic carbocycles. The summed E-state index contributed by atoms with van der Waals surface area (Å²) in [5.74, 6) is 0. The second-order valence-electron chi connectivity index (χ2n) is 6.19. The van der Waals surface area contributed by atoms with E-state index >= 15 is 0 Å². The molecule has 5 heteroatoms. The van der Waals surface area contributed by atoms with Crippen LogP contribution in [0.1, 0.15) is 33.6 Å². The Bertz CT molecular complexity index is 500. The molecule has 0 spiro atoms. The van der Waals surface area contributed by atoms with Crippen LogP contribution in [0.15, 0.2) is 18.2 Å². The maximum atomic E-state index is 11.5. The molecule has 0 radical (unpaired) electrons. The van der Waals surface area contributed by atoms with Gasteiger partial charge in [-0.1, -0.05) is 26.8 Å². The molecule has 0 saturated carbocycles. The van der Waals surface area contributed by atoms with E-state index < -0.39 is 0 Å². The van der Waals surface area contributed by atoms with Gasteiger partial charge in [-0.15, -0.1) is 0 Å². The summed E-state index contributed by atoms with van der Waals surface area (Å²) in [6.45, 7) is 8.95. The summed E-state index contributed by atoms with van der Waals surface area (Å²) < 4.78 is 0. The third-order valence-corrected chi connectivity index (χ3v) is 3.78. The third-order valence-electron chi connectivity index (χ3n) is 3.78. The van der Waals surface area contributed by atoms with Gasteiger partial charge in [0.1, 0.15) is 11.4 Å². The van der Waals surface area contributed by atoms with Crippen LogP contribution in [0, 0.1) is 15.5 Å². The van der Waals surface area contributed by atoms with E-state index in [0.29, 0.717) is 5.69 Å². The van der Waals surface area contributed by atoms with Gasteiger partial charge in [-0.2, -0.15) is 0 Å². The molecule has 1 aliphatic rings. The SMILES string of the molecule is CCCNc1cccc(N2CCC(C)(C)C2)c1[N+](=O)[O-]. The molecule has 1 aliphatic heterocycles. The Balaban J connectivity index is 2.35. The van der Waals surface area contributed by atoms with Crippen molar-refractivity contribution >= 4 is 17.1 Å². The number of anilines is 2. The number of benzene rings is 1. The second kappa shape index (κ2) is 5.69. The Morgan fingerprint density at radius 2 is 2.20 bits per heavy atom. The summed E-state index contributed by atoms with van der Waals surface area (Å²) in [6, 6.07) is 5.54. The molecule has 0 aliphatic carbocycles. The van der Waals surface area contributed by atoms with Crippen LogP contribution < -0.4 is 10.2 Å². The number of hydrogen-bond acceptors (Lipinski definition) is 4. The molecule has 0 atom stereocenters. The number of rotatable bonds is 5. The highest BCUT2D eigenvalue weighted by atomic mass is 16.6. The fraction of sp³-hybridized carbons (Fsp3) is 0.600. The number of hydrogen-bond donors (Lipinski definition) is 1. The molecule has 0 amide bonds. The molecule has 0 bridgehead atoms. The van der Waals surface area contributed by atoms with Crippen LogP contribution in [0.5, 0.6) is 0 Å². The monoisotopic (exact) mass is 277 g/mol. The first kappa shape index (κ1) is 14.6. The van der Waals surface area contributed by atoms with Crippen molar-refractivity contribution in [3.05, 3.63) is 28.3 Å². The lowest BCUT2D eigenvalue weighted by molar-refractivity contribution is -0.383. The normalized spacial score (nSPS) is 17.2. The number of nitrogens with zero attached hydrogens (tertiary/aromatic N) is 2. The average Bonchev–Trinajstić information content (AvgIpc) is 2.76. The van der Waals surface area contributed by atoms with E-state index in [1.54, 1.807) is 6.07 Å². The molecule has 20 heavy (non-hydrogen) atoms. The molecular weight excluding hydrogens is 254 g/mol. The largest absolute Gasteiger partial charge is 0.379 e.